The van der Waals surface area contributed by atoms with E-state index in [2.05, 4.69) is 20.3 Å². The quantitative estimate of drug-likeness (QED) is 0.278. The number of para-hydroxylation sites is 1. The van der Waals surface area contributed by atoms with Crippen LogP contribution >= 0.6 is 0 Å². The number of aromatic amines is 1. The number of fused-ring (bicyclic) bond motifs is 1. The molecule has 37 heavy (non-hydrogen) atoms. The molecule has 2 unspecified atom stereocenters. The van der Waals surface area contributed by atoms with Crippen LogP contribution in [0.15, 0.2) is 61.1 Å². The van der Waals surface area contributed by atoms with E-state index in [1.54, 1.807) is 18.2 Å². The van der Waals surface area contributed by atoms with Gasteiger partial charge in [-0.15, -0.1) is 0 Å². The highest BCUT2D eigenvalue weighted by Crippen LogP contribution is 2.29. The van der Waals surface area contributed by atoms with Crippen molar-refractivity contribution in [1.82, 2.24) is 19.9 Å². The van der Waals surface area contributed by atoms with Gasteiger partial charge in [0.1, 0.15) is 35.1 Å². The molecule has 2 atom stereocenters. The number of aromatic nitrogens is 3. The smallest absolute Gasteiger partial charge is 0.254 e. The summed E-state index contributed by atoms with van der Waals surface area (Å²) in [6.45, 7) is 1.64. The first-order valence-corrected chi connectivity index (χ1v) is 12.1. The van der Waals surface area contributed by atoms with Crippen LogP contribution in [0.25, 0.3) is 11.0 Å². The summed E-state index contributed by atoms with van der Waals surface area (Å²) in [5.41, 5.74) is 0.614. The molecule has 0 saturated carbocycles. The third kappa shape index (κ3) is 4.63. The average molecular weight is 502 g/mol. The van der Waals surface area contributed by atoms with Gasteiger partial charge in [-0.25, -0.2) is 14.4 Å². The highest BCUT2D eigenvalue weighted by Gasteiger charge is 2.39. The van der Waals surface area contributed by atoms with Crippen molar-refractivity contribution in [3.8, 4) is 11.5 Å². The number of nitrogens with one attached hydrogen (secondary N) is 2. The monoisotopic (exact) mass is 501 g/mol. The first-order chi connectivity index (χ1) is 18.1. The Morgan fingerprint density at radius 3 is 2.76 bits per heavy atom. The molecule has 10 heteroatoms. The number of amides is 1. The average Bonchev–Trinajstić information content (AvgIpc) is 3.50. The van der Waals surface area contributed by atoms with Gasteiger partial charge in [0.2, 0.25) is 0 Å². The van der Waals surface area contributed by atoms with Crippen LogP contribution in [0.3, 0.4) is 0 Å². The molecule has 9 nitrogen and oxygen atoms in total. The number of epoxide rings is 1. The van der Waals surface area contributed by atoms with Gasteiger partial charge in [0.25, 0.3) is 5.91 Å². The molecule has 2 aromatic carbocycles. The van der Waals surface area contributed by atoms with Gasteiger partial charge in [-0.1, -0.05) is 18.2 Å². The summed E-state index contributed by atoms with van der Waals surface area (Å²) >= 11 is 0. The van der Waals surface area contributed by atoms with E-state index in [1.165, 1.54) is 24.7 Å². The fourth-order valence-electron chi connectivity index (χ4n) is 4.72. The Hall–Kier alpha value is -4.31. The molecule has 2 fully saturated rings. The van der Waals surface area contributed by atoms with E-state index in [0.29, 0.717) is 42.3 Å². The number of nitrogens with zero attached hydrogens (tertiary/aromatic N) is 3. The Kier molecular flexibility index (Phi) is 6.01. The number of ketones is 1. The fourth-order valence-corrected chi connectivity index (χ4v) is 4.72. The molecule has 0 aliphatic carbocycles. The number of likely N-dealkylation sites (tertiary alicyclic amines) is 1. The molecule has 2 aromatic heterocycles. The Bertz CT molecular complexity index is 1470. The predicted octanol–water partition coefficient (Wildman–Crippen LogP) is 3.92. The summed E-state index contributed by atoms with van der Waals surface area (Å²) in [5.74, 6) is 0.124. The first-order valence-electron chi connectivity index (χ1n) is 12.1. The van der Waals surface area contributed by atoms with Gasteiger partial charge in [0.15, 0.2) is 11.9 Å². The van der Waals surface area contributed by atoms with Crippen LogP contribution in [-0.2, 0) is 9.53 Å². The molecule has 2 aliphatic heterocycles. The van der Waals surface area contributed by atoms with Crippen molar-refractivity contribution in [3.63, 3.8) is 0 Å². The van der Waals surface area contributed by atoms with Gasteiger partial charge < -0.3 is 24.7 Å². The molecule has 4 aromatic rings. The summed E-state index contributed by atoms with van der Waals surface area (Å²) in [7, 11) is 0. The van der Waals surface area contributed by atoms with E-state index in [4.69, 9.17) is 9.47 Å². The SMILES string of the molecule is O=C(c1ccc(Oc2ccccc2)cc1F)c1c[nH]c2ncnc(NCC3CCCN3C(=O)C3CO3)c12. The minimum absolute atomic E-state index is 0.00517. The summed E-state index contributed by atoms with van der Waals surface area (Å²) < 4.78 is 25.9. The van der Waals surface area contributed by atoms with Crippen molar-refractivity contribution in [2.75, 3.05) is 25.0 Å². The predicted molar refractivity (Wildman–Crippen MR) is 133 cm³/mol. The highest BCUT2D eigenvalue weighted by molar-refractivity contribution is 6.18. The van der Waals surface area contributed by atoms with Crippen molar-refractivity contribution in [3.05, 3.63) is 78.0 Å². The molecule has 0 radical (unpaired) electrons. The fraction of sp³-hybridized carbons (Fsp3) is 0.259. The molecule has 0 bridgehead atoms. The van der Waals surface area contributed by atoms with Crippen molar-refractivity contribution in [1.29, 1.82) is 0 Å². The highest BCUT2D eigenvalue weighted by atomic mass is 19.1. The van der Waals surface area contributed by atoms with E-state index in [-0.39, 0.29) is 34.9 Å². The van der Waals surface area contributed by atoms with Crippen LogP contribution in [-0.4, -0.2) is 63.4 Å². The van der Waals surface area contributed by atoms with Crippen LogP contribution in [0.4, 0.5) is 10.2 Å². The van der Waals surface area contributed by atoms with E-state index in [1.807, 2.05) is 23.1 Å². The number of anilines is 1. The number of benzene rings is 2. The molecule has 4 heterocycles. The molecule has 0 spiro atoms. The lowest BCUT2D eigenvalue weighted by Gasteiger charge is -2.24. The number of hydrogen-bond acceptors (Lipinski definition) is 7. The third-order valence-corrected chi connectivity index (χ3v) is 6.65. The van der Waals surface area contributed by atoms with E-state index in [0.717, 1.165) is 12.8 Å². The van der Waals surface area contributed by atoms with Crippen LogP contribution in [0.2, 0.25) is 0 Å². The first kappa shape index (κ1) is 23.1. The zero-order chi connectivity index (χ0) is 25.4. The molecule has 2 aliphatic rings. The van der Waals surface area contributed by atoms with Gasteiger partial charge in [-0.05, 0) is 37.1 Å². The molecule has 2 saturated heterocycles. The summed E-state index contributed by atoms with van der Waals surface area (Å²) in [5, 5.41) is 3.76. The van der Waals surface area contributed by atoms with Gasteiger partial charge in [0, 0.05) is 31.4 Å². The maximum atomic E-state index is 15.0. The minimum atomic E-state index is -0.693. The molecule has 1 amide bonds. The maximum Gasteiger partial charge on any atom is 0.254 e. The Morgan fingerprint density at radius 1 is 1.14 bits per heavy atom. The molecule has 6 rings (SSSR count). The van der Waals surface area contributed by atoms with Crippen molar-refractivity contribution in [2.45, 2.75) is 25.0 Å². The van der Waals surface area contributed by atoms with Gasteiger partial charge in [-0.3, -0.25) is 9.59 Å². The Morgan fingerprint density at radius 2 is 1.97 bits per heavy atom. The van der Waals surface area contributed by atoms with Crippen molar-refractivity contribution in [2.24, 2.45) is 0 Å². The number of halogens is 1. The van der Waals surface area contributed by atoms with E-state index >= 15 is 4.39 Å². The van der Waals surface area contributed by atoms with E-state index < -0.39 is 11.6 Å². The molecule has 2 N–H and O–H groups in total. The number of carbonyl (C=O) groups is 2. The lowest BCUT2D eigenvalue weighted by molar-refractivity contribution is -0.133. The number of hydrogen-bond donors (Lipinski definition) is 2. The third-order valence-electron chi connectivity index (χ3n) is 6.65. The van der Waals surface area contributed by atoms with Gasteiger partial charge >= 0.3 is 0 Å². The number of rotatable bonds is 8. The van der Waals surface area contributed by atoms with Crippen molar-refractivity contribution < 1.29 is 23.5 Å². The van der Waals surface area contributed by atoms with Crippen LogP contribution in [0.5, 0.6) is 11.5 Å². The molecular formula is C27H24FN5O4. The lowest BCUT2D eigenvalue weighted by Crippen LogP contribution is -2.41. The maximum absolute atomic E-state index is 15.0. The summed E-state index contributed by atoms with van der Waals surface area (Å²) in [6, 6.07) is 13.2. The summed E-state index contributed by atoms with van der Waals surface area (Å²) in [6.07, 6.45) is 4.36. The summed E-state index contributed by atoms with van der Waals surface area (Å²) in [4.78, 5) is 39.3. The van der Waals surface area contributed by atoms with Crippen LogP contribution < -0.4 is 10.1 Å². The normalized spacial score (nSPS) is 18.7. The van der Waals surface area contributed by atoms with Gasteiger partial charge in [0.05, 0.1) is 23.1 Å². The number of carbonyl (C=O) groups excluding carboxylic acids is 2. The number of H-pyrrole nitrogens is 1. The lowest BCUT2D eigenvalue weighted by atomic mass is 10.0. The second-order valence-corrected chi connectivity index (χ2v) is 9.06. The van der Waals surface area contributed by atoms with Crippen molar-refractivity contribution >= 4 is 28.5 Å². The zero-order valence-corrected chi connectivity index (χ0v) is 19.8. The Labute approximate surface area is 211 Å². The Balaban J connectivity index is 1.23. The minimum Gasteiger partial charge on any atom is -0.457 e. The van der Waals surface area contributed by atoms with E-state index in [9.17, 15) is 9.59 Å². The molecule has 188 valence electrons. The standard InChI is InChI=1S/C27H24FN5O4/c28-21-11-18(37-17-6-2-1-3-7-17)8-9-19(21)24(34)20-13-30-26-23(20)25(31-15-32-26)29-12-16-5-4-10-33(16)27(35)22-14-36-22/h1-3,6-9,11,13,15-16,22H,4-5,10,12,14H2,(H2,29,30,31,32). The van der Waals surface area contributed by atoms with Gasteiger partial charge in [-0.2, -0.15) is 0 Å². The second kappa shape index (κ2) is 9.62. The largest absolute Gasteiger partial charge is 0.457 e. The molecular weight excluding hydrogens is 477 g/mol. The second-order valence-electron chi connectivity index (χ2n) is 9.06. The zero-order valence-electron chi connectivity index (χ0n) is 19.8. The number of ether oxygens (including phenoxy) is 2. The van der Waals surface area contributed by atoms with Crippen LogP contribution in [0, 0.1) is 5.82 Å². The van der Waals surface area contributed by atoms with Crippen LogP contribution in [0.1, 0.15) is 28.8 Å². The topological polar surface area (TPSA) is 113 Å².